The van der Waals surface area contributed by atoms with Crippen molar-refractivity contribution in [3.63, 3.8) is 0 Å². The lowest BCUT2D eigenvalue weighted by Crippen LogP contribution is -2.66. The third-order valence-corrected chi connectivity index (χ3v) is 8.84. The van der Waals surface area contributed by atoms with Gasteiger partial charge in [0.2, 0.25) is 6.35 Å². The van der Waals surface area contributed by atoms with Crippen LogP contribution in [-0.4, -0.2) is 100 Å². The van der Waals surface area contributed by atoms with Gasteiger partial charge in [-0.05, 0) is 19.3 Å². The highest BCUT2D eigenvalue weighted by atomic mass is 32.2. The van der Waals surface area contributed by atoms with E-state index in [1.165, 1.54) is 0 Å². The van der Waals surface area contributed by atoms with Gasteiger partial charge in [0.15, 0.2) is 29.5 Å². The number of carbonyl (C=O) groups is 2. The van der Waals surface area contributed by atoms with E-state index in [2.05, 4.69) is 19.7 Å². The van der Waals surface area contributed by atoms with E-state index < -0.39 is 47.9 Å². The largest absolute Gasteiger partial charge is 0.356 e. The Hall–Kier alpha value is -2.23. The SMILES string of the molecule is C=CS(=O)(=O)CCCN1C(=O)N(CCCS(=O)(=O)C=C)C(O)N(CCCS(=O)(=O)C=C)C1=O. The Morgan fingerprint density at radius 1 is 0.667 bits per heavy atom. The molecule has 1 heterocycles. The van der Waals surface area contributed by atoms with Crippen LogP contribution in [0, 0.1) is 0 Å². The summed E-state index contributed by atoms with van der Waals surface area (Å²) in [5.74, 6) is -1.07. The van der Waals surface area contributed by atoms with Gasteiger partial charge < -0.3 is 5.11 Å². The van der Waals surface area contributed by atoms with Crippen LogP contribution in [0.25, 0.3) is 0 Å². The number of urea groups is 2. The molecule has 15 heteroatoms. The van der Waals surface area contributed by atoms with Crippen molar-refractivity contribution >= 4 is 41.6 Å². The Balaban J connectivity index is 3.04. The molecule has 4 amide bonds. The maximum Gasteiger partial charge on any atom is 0.331 e. The van der Waals surface area contributed by atoms with Crippen LogP contribution in [0.5, 0.6) is 0 Å². The van der Waals surface area contributed by atoms with Crippen molar-refractivity contribution in [3.05, 3.63) is 36.0 Å². The molecule has 0 aromatic carbocycles. The second kappa shape index (κ2) is 11.8. The van der Waals surface area contributed by atoms with Crippen LogP contribution in [0.4, 0.5) is 9.59 Å². The van der Waals surface area contributed by atoms with E-state index in [0.717, 1.165) is 30.9 Å². The number of sulfone groups is 3. The van der Waals surface area contributed by atoms with Crippen molar-refractivity contribution < 1.29 is 39.9 Å². The summed E-state index contributed by atoms with van der Waals surface area (Å²) in [5, 5.41) is 12.9. The van der Waals surface area contributed by atoms with E-state index >= 15 is 0 Å². The number of rotatable bonds is 15. The number of hydrogen-bond donors (Lipinski definition) is 1. The Labute approximate surface area is 194 Å². The number of aliphatic hydroxyl groups excluding tert-OH is 1. The maximum atomic E-state index is 12.8. The molecule has 1 aliphatic heterocycles. The van der Waals surface area contributed by atoms with Gasteiger partial charge in [-0.1, -0.05) is 19.7 Å². The lowest BCUT2D eigenvalue weighted by molar-refractivity contribution is -0.0925. The fourth-order valence-electron chi connectivity index (χ4n) is 2.92. The molecule has 0 aromatic rings. The van der Waals surface area contributed by atoms with Crippen molar-refractivity contribution in [2.24, 2.45) is 0 Å². The highest BCUT2D eigenvalue weighted by Gasteiger charge is 2.42. The molecule has 188 valence electrons. The molecule has 1 N–H and O–H groups in total. The standard InChI is InChI=1S/C18H29N3O9S3/c1-4-31(25,26)13-7-10-19-16(22)20(11-8-14-32(27,28)5-2)18(24)21(17(19)23)12-9-15-33(29,30)6-3/h4-6,16,22H,1-3,7-15H2. The van der Waals surface area contributed by atoms with Crippen LogP contribution in [0.15, 0.2) is 36.0 Å². The number of carbonyl (C=O) groups excluding carboxylic acids is 2. The summed E-state index contributed by atoms with van der Waals surface area (Å²) in [6.07, 6.45) is -1.99. The van der Waals surface area contributed by atoms with Gasteiger partial charge in [0.1, 0.15) is 0 Å². The molecule has 1 aliphatic rings. The monoisotopic (exact) mass is 527 g/mol. The molecule has 12 nitrogen and oxygen atoms in total. The summed E-state index contributed by atoms with van der Waals surface area (Å²) in [6.45, 7) is 8.81. The average molecular weight is 528 g/mol. The lowest BCUT2D eigenvalue weighted by Gasteiger charge is -2.44. The van der Waals surface area contributed by atoms with E-state index in [9.17, 15) is 39.9 Å². The number of amides is 4. The summed E-state index contributed by atoms with van der Waals surface area (Å²) in [5.41, 5.74) is 0. The summed E-state index contributed by atoms with van der Waals surface area (Å²) in [6, 6.07) is -1.84. The first-order valence-electron chi connectivity index (χ1n) is 9.82. The number of hydrogen-bond acceptors (Lipinski definition) is 9. The van der Waals surface area contributed by atoms with Crippen molar-refractivity contribution in [3.8, 4) is 0 Å². The molecular weight excluding hydrogens is 498 g/mol. The summed E-state index contributed by atoms with van der Waals surface area (Å²) < 4.78 is 69.7. The first-order chi connectivity index (χ1) is 15.2. The Morgan fingerprint density at radius 2 is 0.970 bits per heavy atom. The normalized spacial score (nSPS) is 16.2. The molecule has 0 aromatic heterocycles. The predicted octanol–water partition coefficient (Wildman–Crippen LogP) is 0.267. The van der Waals surface area contributed by atoms with E-state index in [-0.39, 0.29) is 56.2 Å². The van der Waals surface area contributed by atoms with Crippen LogP contribution in [0.2, 0.25) is 0 Å². The maximum absolute atomic E-state index is 12.8. The van der Waals surface area contributed by atoms with E-state index in [1.807, 2.05) is 0 Å². The summed E-state index contributed by atoms with van der Waals surface area (Å²) in [4.78, 5) is 28.1. The van der Waals surface area contributed by atoms with Crippen LogP contribution >= 0.6 is 0 Å². The number of aliphatic hydroxyl groups is 1. The molecule has 0 unspecified atom stereocenters. The summed E-state index contributed by atoms with van der Waals surface area (Å²) in [7, 11) is -10.7. The van der Waals surface area contributed by atoms with Crippen LogP contribution < -0.4 is 0 Å². The van der Waals surface area contributed by atoms with Gasteiger partial charge in [0, 0.05) is 35.9 Å². The lowest BCUT2D eigenvalue weighted by atomic mass is 10.3. The van der Waals surface area contributed by atoms with Crippen LogP contribution in [-0.2, 0) is 29.5 Å². The van der Waals surface area contributed by atoms with E-state index in [0.29, 0.717) is 0 Å². The molecule has 1 saturated heterocycles. The summed E-state index contributed by atoms with van der Waals surface area (Å²) >= 11 is 0. The highest BCUT2D eigenvalue weighted by Crippen LogP contribution is 2.20. The second-order valence-corrected chi connectivity index (χ2v) is 13.3. The van der Waals surface area contributed by atoms with Gasteiger partial charge in [0.25, 0.3) is 0 Å². The molecule has 0 bridgehead atoms. The zero-order valence-corrected chi connectivity index (χ0v) is 20.5. The topological polar surface area (TPSA) is 167 Å². The molecule has 1 fully saturated rings. The molecular formula is C18H29N3O9S3. The van der Waals surface area contributed by atoms with Crippen molar-refractivity contribution in [1.29, 1.82) is 0 Å². The molecule has 0 atom stereocenters. The minimum Gasteiger partial charge on any atom is -0.356 e. The average Bonchev–Trinajstić information content (AvgIpc) is 2.75. The van der Waals surface area contributed by atoms with E-state index in [1.54, 1.807) is 0 Å². The van der Waals surface area contributed by atoms with Gasteiger partial charge in [-0.25, -0.2) is 39.7 Å². The quantitative estimate of drug-likeness (QED) is 0.314. The fraction of sp³-hybridized carbons (Fsp3) is 0.556. The van der Waals surface area contributed by atoms with Crippen LogP contribution in [0.3, 0.4) is 0 Å². The first-order valence-corrected chi connectivity index (χ1v) is 15.0. The molecule has 1 rings (SSSR count). The third-order valence-electron chi connectivity index (χ3n) is 4.74. The zero-order valence-electron chi connectivity index (χ0n) is 18.1. The van der Waals surface area contributed by atoms with Gasteiger partial charge in [0.05, 0.1) is 17.3 Å². The van der Waals surface area contributed by atoms with Crippen molar-refractivity contribution in [2.45, 2.75) is 25.6 Å². The minimum absolute atomic E-state index is 0.0668. The second-order valence-electron chi connectivity index (χ2n) is 7.11. The zero-order chi connectivity index (χ0) is 25.4. The van der Waals surface area contributed by atoms with Crippen molar-refractivity contribution in [1.82, 2.24) is 14.7 Å². The highest BCUT2D eigenvalue weighted by molar-refractivity contribution is 7.94. The van der Waals surface area contributed by atoms with Gasteiger partial charge in [-0.15, -0.1) is 0 Å². The van der Waals surface area contributed by atoms with Crippen molar-refractivity contribution in [2.75, 3.05) is 36.9 Å². The minimum atomic E-state index is -3.57. The first kappa shape index (κ1) is 28.8. The molecule has 0 saturated carbocycles. The van der Waals surface area contributed by atoms with Gasteiger partial charge in [-0.2, -0.15) is 0 Å². The molecule has 0 aliphatic carbocycles. The predicted molar refractivity (Wildman–Crippen MR) is 123 cm³/mol. The Bertz CT molecular complexity index is 1020. The third kappa shape index (κ3) is 8.57. The van der Waals surface area contributed by atoms with Crippen LogP contribution in [0.1, 0.15) is 19.3 Å². The fourth-order valence-corrected chi connectivity index (χ4v) is 5.01. The Kier molecular flexibility index (Phi) is 10.3. The number of imide groups is 1. The van der Waals surface area contributed by atoms with E-state index in [4.69, 9.17) is 0 Å². The molecule has 33 heavy (non-hydrogen) atoms. The van der Waals surface area contributed by atoms with Gasteiger partial charge >= 0.3 is 12.1 Å². The number of nitrogens with zero attached hydrogens (tertiary/aromatic N) is 3. The smallest absolute Gasteiger partial charge is 0.331 e. The molecule has 0 radical (unpaired) electrons. The molecule has 0 spiro atoms. The Morgan fingerprint density at radius 3 is 1.27 bits per heavy atom. The van der Waals surface area contributed by atoms with Gasteiger partial charge in [-0.3, -0.25) is 9.80 Å².